The summed E-state index contributed by atoms with van der Waals surface area (Å²) in [7, 11) is 0. The molecule has 0 radical (unpaired) electrons. The zero-order chi connectivity index (χ0) is 9.42. The van der Waals surface area contributed by atoms with Crippen molar-refractivity contribution in [2.45, 2.75) is 39.0 Å². The highest BCUT2D eigenvalue weighted by molar-refractivity contribution is 5.86. The molecule has 1 nitrogen and oxygen atoms in total. The number of carbonyl (C=O) groups is 1. The van der Waals surface area contributed by atoms with Crippen LogP contribution in [0.1, 0.15) is 39.0 Å². The Kier molecular flexibility index (Phi) is 2.27. The summed E-state index contributed by atoms with van der Waals surface area (Å²) in [6, 6.07) is 0. The second-order valence-corrected chi connectivity index (χ2v) is 4.79. The standard InChI is InChI=1S/C12H18O/c1-8(2)6-10-5-3-4-9-7-11(9)12(10)13/h9-11H,1,3-7H2,2H3. The number of rotatable bonds is 2. The molecule has 2 aliphatic carbocycles. The van der Waals surface area contributed by atoms with Gasteiger partial charge in [-0.2, -0.15) is 0 Å². The van der Waals surface area contributed by atoms with Gasteiger partial charge in [-0.05, 0) is 38.5 Å². The highest BCUT2D eigenvalue weighted by atomic mass is 16.1. The van der Waals surface area contributed by atoms with Crippen LogP contribution in [0.2, 0.25) is 0 Å². The van der Waals surface area contributed by atoms with E-state index >= 15 is 0 Å². The van der Waals surface area contributed by atoms with E-state index < -0.39 is 0 Å². The predicted octanol–water partition coefficient (Wildman–Crippen LogP) is 2.96. The zero-order valence-corrected chi connectivity index (χ0v) is 8.38. The first kappa shape index (κ1) is 8.98. The third-order valence-electron chi connectivity index (χ3n) is 3.41. The van der Waals surface area contributed by atoms with Gasteiger partial charge in [0, 0.05) is 11.8 Å². The van der Waals surface area contributed by atoms with E-state index in [2.05, 4.69) is 6.58 Å². The van der Waals surface area contributed by atoms with Crippen molar-refractivity contribution in [2.24, 2.45) is 17.8 Å². The van der Waals surface area contributed by atoms with Crippen LogP contribution in [0, 0.1) is 17.8 Å². The maximum atomic E-state index is 11.9. The average molecular weight is 178 g/mol. The number of Topliss-reactive ketones (excluding diaryl/α,β-unsaturated/α-hetero) is 1. The van der Waals surface area contributed by atoms with Crippen molar-refractivity contribution in [3.8, 4) is 0 Å². The number of ketones is 1. The molecule has 72 valence electrons. The van der Waals surface area contributed by atoms with Crippen LogP contribution in [0.4, 0.5) is 0 Å². The first-order valence-electron chi connectivity index (χ1n) is 5.36. The van der Waals surface area contributed by atoms with Crippen LogP contribution in [0.3, 0.4) is 0 Å². The minimum atomic E-state index is 0.315. The van der Waals surface area contributed by atoms with Gasteiger partial charge in [-0.1, -0.05) is 12.0 Å². The van der Waals surface area contributed by atoms with E-state index in [0.29, 0.717) is 17.6 Å². The highest BCUT2D eigenvalue weighted by Gasteiger charge is 2.46. The van der Waals surface area contributed by atoms with E-state index in [-0.39, 0.29) is 0 Å². The minimum Gasteiger partial charge on any atom is -0.299 e. The molecule has 13 heavy (non-hydrogen) atoms. The third-order valence-corrected chi connectivity index (χ3v) is 3.41. The number of hydrogen-bond donors (Lipinski definition) is 0. The third kappa shape index (κ3) is 1.84. The van der Waals surface area contributed by atoms with Crippen LogP contribution in [0.25, 0.3) is 0 Å². The van der Waals surface area contributed by atoms with Crippen LogP contribution >= 0.6 is 0 Å². The van der Waals surface area contributed by atoms with Crippen LogP contribution in [-0.4, -0.2) is 5.78 Å². The molecule has 2 saturated carbocycles. The first-order chi connectivity index (χ1) is 6.18. The van der Waals surface area contributed by atoms with Gasteiger partial charge in [0.15, 0.2) is 0 Å². The van der Waals surface area contributed by atoms with Crippen LogP contribution in [0.5, 0.6) is 0 Å². The summed E-state index contributed by atoms with van der Waals surface area (Å²) in [4.78, 5) is 11.9. The summed E-state index contributed by atoms with van der Waals surface area (Å²) in [5.41, 5.74) is 1.16. The van der Waals surface area contributed by atoms with E-state index in [9.17, 15) is 4.79 Å². The molecule has 2 rings (SSSR count). The van der Waals surface area contributed by atoms with Crippen molar-refractivity contribution in [3.05, 3.63) is 12.2 Å². The molecule has 1 heteroatoms. The summed E-state index contributed by atoms with van der Waals surface area (Å²) < 4.78 is 0. The maximum absolute atomic E-state index is 11.9. The Labute approximate surface area is 80.2 Å². The SMILES string of the molecule is C=C(C)CC1CCCC2CC2C1=O. The fourth-order valence-electron chi connectivity index (χ4n) is 2.61. The summed E-state index contributed by atoms with van der Waals surface area (Å²) in [6.45, 7) is 5.93. The molecular formula is C12H18O. The number of fused-ring (bicyclic) bond motifs is 1. The highest BCUT2D eigenvalue weighted by Crippen LogP contribution is 2.48. The van der Waals surface area contributed by atoms with Gasteiger partial charge in [-0.25, -0.2) is 0 Å². The second kappa shape index (κ2) is 3.28. The number of allylic oxidation sites excluding steroid dienone is 1. The molecule has 2 aliphatic rings. The molecule has 0 aromatic carbocycles. The van der Waals surface area contributed by atoms with Gasteiger partial charge >= 0.3 is 0 Å². The Balaban J connectivity index is 2.00. The van der Waals surface area contributed by atoms with Gasteiger partial charge in [0.2, 0.25) is 0 Å². The Bertz CT molecular complexity index is 242. The molecule has 0 bridgehead atoms. The van der Waals surface area contributed by atoms with Gasteiger partial charge in [0.1, 0.15) is 5.78 Å². The molecule has 3 unspecified atom stereocenters. The molecule has 0 aromatic heterocycles. The lowest BCUT2D eigenvalue weighted by Crippen LogP contribution is -2.15. The Morgan fingerprint density at radius 1 is 1.54 bits per heavy atom. The van der Waals surface area contributed by atoms with Gasteiger partial charge in [-0.15, -0.1) is 6.58 Å². The number of hydrogen-bond acceptors (Lipinski definition) is 1. The van der Waals surface area contributed by atoms with Crippen LogP contribution in [-0.2, 0) is 4.79 Å². The summed E-state index contributed by atoms with van der Waals surface area (Å²) in [5, 5.41) is 0. The molecule has 0 amide bonds. The van der Waals surface area contributed by atoms with Crippen LogP contribution < -0.4 is 0 Å². The van der Waals surface area contributed by atoms with Crippen molar-refractivity contribution >= 4 is 5.78 Å². The normalized spacial score (nSPS) is 37.9. The second-order valence-electron chi connectivity index (χ2n) is 4.79. The van der Waals surface area contributed by atoms with Gasteiger partial charge < -0.3 is 0 Å². The zero-order valence-electron chi connectivity index (χ0n) is 8.38. The molecule has 0 aromatic rings. The lowest BCUT2D eigenvalue weighted by molar-refractivity contribution is -0.124. The fourth-order valence-corrected chi connectivity index (χ4v) is 2.61. The molecule has 0 heterocycles. The van der Waals surface area contributed by atoms with E-state index in [4.69, 9.17) is 0 Å². The van der Waals surface area contributed by atoms with Gasteiger partial charge in [0.25, 0.3) is 0 Å². The lowest BCUT2D eigenvalue weighted by Gasteiger charge is -2.13. The Morgan fingerprint density at radius 2 is 2.31 bits per heavy atom. The average Bonchev–Trinajstić information content (AvgIpc) is 2.79. The van der Waals surface area contributed by atoms with E-state index in [1.807, 2.05) is 6.92 Å². The van der Waals surface area contributed by atoms with Gasteiger partial charge in [-0.3, -0.25) is 4.79 Å². The fraction of sp³-hybridized carbons (Fsp3) is 0.750. The van der Waals surface area contributed by atoms with E-state index in [1.165, 1.54) is 19.3 Å². The smallest absolute Gasteiger partial charge is 0.139 e. The molecule has 0 aliphatic heterocycles. The summed E-state index contributed by atoms with van der Waals surface area (Å²) in [6.07, 6.45) is 5.78. The maximum Gasteiger partial charge on any atom is 0.139 e. The first-order valence-corrected chi connectivity index (χ1v) is 5.36. The van der Waals surface area contributed by atoms with E-state index in [1.54, 1.807) is 0 Å². The Morgan fingerprint density at radius 3 is 3.00 bits per heavy atom. The molecular weight excluding hydrogens is 160 g/mol. The van der Waals surface area contributed by atoms with Crippen molar-refractivity contribution in [3.63, 3.8) is 0 Å². The molecule has 0 N–H and O–H groups in total. The molecule has 3 atom stereocenters. The summed E-state index contributed by atoms with van der Waals surface area (Å²) >= 11 is 0. The Hall–Kier alpha value is -0.590. The monoisotopic (exact) mass is 178 g/mol. The van der Waals surface area contributed by atoms with Crippen LogP contribution in [0.15, 0.2) is 12.2 Å². The number of carbonyl (C=O) groups excluding carboxylic acids is 1. The minimum absolute atomic E-state index is 0.315. The topological polar surface area (TPSA) is 17.1 Å². The molecule has 2 fully saturated rings. The lowest BCUT2D eigenvalue weighted by atomic mass is 9.91. The van der Waals surface area contributed by atoms with Crippen molar-refractivity contribution < 1.29 is 4.79 Å². The molecule has 0 saturated heterocycles. The van der Waals surface area contributed by atoms with Crippen molar-refractivity contribution in [1.29, 1.82) is 0 Å². The molecule has 0 spiro atoms. The quantitative estimate of drug-likeness (QED) is 0.594. The van der Waals surface area contributed by atoms with Crippen molar-refractivity contribution in [2.75, 3.05) is 0 Å². The van der Waals surface area contributed by atoms with Crippen molar-refractivity contribution in [1.82, 2.24) is 0 Å². The van der Waals surface area contributed by atoms with Gasteiger partial charge in [0.05, 0.1) is 0 Å². The predicted molar refractivity (Wildman–Crippen MR) is 53.4 cm³/mol. The van der Waals surface area contributed by atoms with E-state index in [0.717, 1.165) is 24.3 Å². The largest absolute Gasteiger partial charge is 0.299 e. The summed E-state index contributed by atoms with van der Waals surface area (Å²) in [5.74, 6) is 2.08.